The second-order valence-corrected chi connectivity index (χ2v) is 10.2. The van der Waals surface area contributed by atoms with Gasteiger partial charge < -0.3 is 9.88 Å². The lowest BCUT2D eigenvalue weighted by molar-refractivity contribution is 0.0931. The minimum Gasteiger partial charge on any atom is -0.344 e. The zero-order chi connectivity index (χ0) is 23.6. The highest BCUT2D eigenvalue weighted by molar-refractivity contribution is 7.89. The van der Waals surface area contributed by atoms with Gasteiger partial charge in [0.15, 0.2) is 0 Å². The zero-order valence-corrected chi connectivity index (χ0v) is 19.6. The minimum atomic E-state index is -3.59. The van der Waals surface area contributed by atoms with Crippen LogP contribution in [0.2, 0.25) is 0 Å². The van der Waals surface area contributed by atoms with Gasteiger partial charge in [-0.2, -0.15) is 0 Å². The van der Waals surface area contributed by atoms with Crippen LogP contribution < -0.4 is 5.32 Å². The van der Waals surface area contributed by atoms with E-state index >= 15 is 0 Å². The second kappa shape index (κ2) is 9.17. The largest absolute Gasteiger partial charge is 0.344 e. The monoisotopic (exact) mass is 462 g/mol. The molecule has 1 atom stereocenters. The summed E-state index contributed by atoms with van der Waals surface area (Å²) in [4.78, 5) is 17.6. The summed E-state index contributed by atoms with van der Waals surface area (Å²) in [7, 11) is -0.595. The van der Waals surface area contributed by atoms with Gasteiger partial charge in [-0.15, -0.1) is 0 Å². The quantitative estimate of drug-likeness (QED) is 0.452. The Labute approximate surface area is 193 Å². The molecule has 2 aromatic carbocycles. The molecule has 1 unspecified atom stereocenters. The number of amides is 1. The Hall–Kier alpha value is -3.49. The second-order valence-electron chi connectivity index (χ2n) is 8.09. The standard InChI is InChI=1S/C25H26N4O3S/c1-18(20-7-5-4-6-8-20)27-25(30)24-16-21-15-22(33(31,32)28(2)3)9-10-23(21)29(24)17-19-11-13-26-14-12-19/h4-16,18H,17H2,1-3H3,(H,27,30). The van der Waals surface area contributed by atoms with E-state index in [0.29, 0.717) is 17.6 Å². The zero-order valence-electron chi connectivity index (χ0n) is 18.8. The third kappa shape index (κ3) is 4.67. The predicted octanol–water partition coefficient (Wildman–Crippen LogP) is 3.83. The van der Waals surface area contributed by atoms with Gasteiger partial charge in [0, 0.05) is 43.9 Å². The number of fused-ring (bicyclic) bond motifs is 1. The van der Waals surface area contributed by atoms with Crippen molar-refractivity contribution in [3.63, 3.8) is 0 Å². The molecule has 4 aromatic rings. The van der Waals surface area contributed by atoms with Crippen molar-refractivity contribution in [1.82, 2.24) is 19.2 Å². The number of carbonyl (C=O) groups is 1. The fraction of sp³-hybridized carbons (Fsp3) is 0.200. The highest BCUT2D eigenvalue weighted by Crippen LogP contribution is 2.26. The topological polar surface area (TPSA) is 84.3 Å². The number of aromatic nitrogens is 2. The summed E-state index contributed by atoms with van der Waals surface area (Å²) in [5.41, 5.74) is 3.23. The van der Waals surface area contributed by atoms with Crippen LogP contribution in [-0.4, -0.2) is 42.3 Å². The third-order valence-corrected chi connectivity index (χ3v) is 7.43. The molecule has 33 heavy (non-hydrogen) atoms. The van der Waals surface area contributed by atoms with E-state index in [1.54, 1.807) is 36.7 Å². The molecule has 7 nitrogen and oxygen atoms in total. The van der Waals surface area contributed by atoms with E-state index in [1.807, 2.05) is 54.0 Å². The summed E-state index contributed by atoms with van der Waals surface area (Å²) in [5, 5.41) is 3.75. The first-order valence-corrected chi connectivity index (χ1v) is 12.0. The van der Waals surface area contributed by atoms with Crippen LogP contribution in [0.15, 0.2) is 84.0 Å². The normalized spacial score (nSPS) is 12.7. The highest BCUT2D eigenvalue weighted by atomic mass is 32.2. The van der Waals surface area contributed by atoms with Gasteiger partial charge in [-0.1, -0.05) is 30.3 Å². The Morgan fingerprint density at radius 2 is 1.73 bits per heavy atom. The molecule has 4 rings (SSSR count). The Balaban J connectivity index is 1.77. The summed E-state index contributed by atoms with van der Waals surface area (Å²) in [6, 6.07) is 20.0. The maximum absolute atomic E-state index is 13.3. The van der Waals surface area contributed by atoms with Crippen LogP contribution >= 0.6 is 0 Å². The van der Waals surface area contributed by atoms with Crippen molar-refractivity contribution in [3.05, 3.63) is 95.9 Å². The maximum Gasteiger partial charge on any atom is 0.268 e. The molecule has 0 aliphatic carbocycles. The lowest BCUT2D eigenvalue weighted by atomic mass is 10.1. The number of benzene rings is 2. The van der Waals surface area contributed by atoms with E-state index in [-0.39, 0.29) is 16.8 Å². The molecule has 1 N–H and O–H groups in total. The molecule has 2 aromatic heterocycles. The number of carbonyl (C=O) groups excluding carboxylic acids is 1. The average molecular weight is 463 g/mol. The molecule has 170 valence electrons. The Morgan fingerprint density at radius 3 is 2.39 bits per heavy atom. The molecule has 0 aliphatic heterocycles. The Kier molecular flexibility index (Phi) is 6.31. The third-order valence-electron chi connectivity index (χ3n) is 5.62. The summed E-state index contributed by atoms with van der Waals surface area (Å²) >= 11 is 0. The average Bonchev–Trinajstić information content (AvgIpc) is 3.18. The summed E-state index contributed by atoms with van der Waals surface area (Å²) in [6.07, 6.45) is 3.42. The lowest BCUT2D eigenvalue weighted by Gasteiger charge is -2.16. The molecule has 0 bridgehead atoms. The van der Waals surface area contributed by atoms with Gasteiger partial charge in [-0.25, -0.2) is 12.7 Å². The van der Waals surface area contributed by atoms with Crippen molar-refractivity contribution in [2.45, 2.75) is 24.4 Å². The number of sulfonamides is 1. The molecule has 0 saturated heterocycles. The van der Waals surface area contributed by atoms with E-state index in [4.69, 9.17) is 0 Å². The van der Waals surface area contributed by atoms with Gasteiger partial charge in [-0.3, -0.25) is 9.78 Å². The number of pyridine rings is 1. The molecule has 1 amide bonds. The van der Waals surface area contributed by atoms with E-state index < -0.39 is 10.0 Å². The maximum atomic E-state index is 13.3. The number of hydrogen-bond donors (Lipinski definition) is 1. The van der Waals surface area contributed by atoms with Crippen LogP contribution in [0.1, 0.15) is 34.6 Å². The van der Waals surface area contributed by atoms with E-state index in [2.05, 4.69) is 10.3 Å². The Bertz CT molecular complexity index is 1380. The molecule has 2 heterocycles. The van der Waals surface area contributed by atoms with Crippen molar-refractivity contribution < 1.29 is 13.2 Å². The molecular formula is C25H26N4O3S. The van der Waals surface area contributed by atoms with E-state index in [9.17, 15) is 13.2 Å². The van der Waals surface area contributed by atoms with Gasteiger partial charge >= 0.3 is 0 Å². The molecule has 8 heteroatoms. The van der Waals surface area contributed by atoms with Gasteiger partial charge in [0.1, 0.15) is 5.69 Å². The van der Waals surface area contributed by atoms with Crippen LogP contribution in [0.3, 0.4) is 0 Å². The molecular weight excluding hydrogens is 436 g/mol. The molecule has 0 spiro atoms. The predicted molar refractivity (Wildman–Crippen MR) is 128 cm³/mol. The first-order valence-electron chi connectivity index (χ1n) is 10.6. The first-order chi connectivity index (χ1) is 15.8. The van der Waals surface area contributed by atoms with Crippen LogP contribution in [0, 0.1) is 0 Å². The van der Waals surface area contributed by atoms with Gasteiger partial charge in [0.05, 0.1) is 10.9 Å². The van der Waals surface area contributed by atoms with Gasteiger partial charge in [-0.05, 0) is 54.4 Å². The van der Waals surface area contributed by atoms with Gasteiger partial charge in [0.2, 0.25) is 10.0 Å². The molecule has 0 aliphatic rings. The minimum absolute atomic E-state index is 0.184. The van der Waals surface area contributed by atoms with E-state index in [1.165, 1.54) is 18.4 Å². The molecule has 0 fully saturated rings. The summed E-state index contributed by atoms with van der Waals surface area (Å²) in [6.45, 7) is 2.39. The first kappa shape index (κ1) is 22.7. The summed E-state index contributed by atoms with van der Waals surface area (Å²) < 4.78 is 28.3. The SMILES string of the molecule is CC(NC(=O)c1cc2cc(S(=O)(=O)N(C)C)ccc2n1Cc1ccncc1)c1ccccc1. The number of nitrogens with one attached hydrogen (secondary N) is 1. The number of rotatable bonds is 7. The number of hydrogen-bond acceptors (Lipinski definition) is 4. The Morgan fingerprint density at radius 1 is 1.03 bits per heavy atom. The highest BCUT2D eigenvalue weighted by Gasteiger charge is 2.22. The fourth-order valence-corrected chi connectivity index (χ4v) is 4.68. The van der Waals surface area contributed by atoms with E-state index in [0.717, 1.165) is 16.6 Å². The van der Waals surface area contributed by atoms with Crippen molar-refractivity contribution in [2.75, 3.05) is 14.1 Å². The van der Waals surface area contributed by atoms with Crippen molar-refractivity contribution in [2.24, 2.45) is 0 Å². The van der Waals surface area contributed by atoms with Crippen molar-refractivity contribution >= 4 is 26.8 Å². The van der Waals surface area contributed by atoms with Crippen molar-refractivity contribution in [3.8, 4) is 0 Å². The molecule has 0 radical (unpaired) electrons. The smallest absolute Gasteiger partial charge is 0.268 e. The van der Waals surface area contributed by atoms with Crippen molar-refractivity contribution in [1.29, 1.82) is 0 Å². The van der Waals surface area contributed by atoms with Gasteiger partial charge in [0.25, 0.3) is 5.91 Å². The van der Waals surface area contributed by atoms with Crippen LogP contribution in [0.25, 0.3) is 10.9 Å². The lowest BCUT2D eigenvalue weighted by Crippen LogP contribution is -2.28. The summed E-state index contributed by atoms with van der Waals surface area (Å²) in [5.74, 6) is -0.228. The van der Waals surface area contributed by atoms with Crippen LogP contribution in [0.4, 0.5) is 0 Å². The van der Waals surface area contributed by atoms with Crippen LogP contribution in [0.5, 0.6) is 0 Å². The molecule has 0 saturated carbocycles. The van der Waals surface area contributed by atoms with Crippen LogP contribution in [-0.2, 0) is 16.6 Å². The fourth-order valence-electron chi connectivity index (χ4n) is 3.75. The number of nitrogens with zero attached hydrogens (tertiary/aromatic N) is 3.